The molecule has 6 aliphatic rings. The van der Waals surface area contributed by atoms with Crippen molar-refractivity contribution in [2.45, 2.75) is 165 Å². The second kappa shape index (κ2) is 20.8. The van der Waals surface area contributed by atoms with Crippen molar-refractivity contribution in [3.63, 3.8) is 0 Å². The number of Topliss-reactive ketones (excluding diaryl/α,β-unsaturated/α-hetero) is 1. The maximum Gasteiger partial charge on any atom is 0.306 e. The van der Waals surface area contributed by atoms with Gasteiger partial charge in [-0.2, -0.15) is 0 Å². The molecule has 14 nitrogen and oxygen atoms in total. The van der Waals surface area contributed by atoms with Crippen LogP contribution in [0.1, 0.15) is 85.5 Å². The average Bonchev–Trinajstić information content (AvgIpc) is 3.85. The lowest BCUT2D eigenvalue weighted by atomic mass is 9.62. The Labute approximate surface area is 373 Å². The highest BCUT2D eigenvalue weighted by atomic mass is 19.1. The number of rotatable bonds is 12. The van der Waals surface area contributed by atoms with Gasteiger partial charge in [-0.3, -0.25) is 9.59 Å². The molecule has 2 N–H and O–H groups in total. The van der Waals surface area contributed by atoms with Crippen molar-refractivity contribution in [2.75, 3.05) is 47.9 Å². The van der Waals surface area contributed by atoms with Crippen LogP contribution in [-0.4, -0.2) is 144 Å². The summed E-state index contributed by atoms with van der Waals surface area (Å²) in [7, 11) is 10.3. The molecule has 1 aromatic rings. The molecule has 3 aliphatic heterocycles. The number of anilines is 1. The SMILES string of the molecule is CC[C@H]1CCC[C@H](O[C@H]2CC[C@H](N(C)C)C(C)O2)[C@@H](C)C(=O)C2=C[C@H]3[C@@H]4C[C@H](O[C@@H]5OC(C)[C@H](OC)C(OC)C5OC)C[C@H]4[C@@H](O)[C@H](Nc4cccc(F)c4OC)[C@H]3[C@@H]2CC(=O)O1. The predicted molar refractivity (Wildman–Crippen MR) is 231 cm³/mol. The number of allylic oxidation sites excluding steroid dienone is 2. The molecule has 3 aliphatic carbocycles. The number of para-hydroxylation sites is 1. The topological polar surface area (TPSA) is 153 Å². The largest absolute Gasteiger partial charge is 0.492 e. The van der Waals surface area contributed by atoms with Gasteiger partial charge in [0.05, 0.1) is 55.8 Å². The zero-order chi connectivity index (χ0) is 45.3. The van der Waals surface area contributed by atoms with Gasteiger partial charge in [-0.1, -0.05) is 26.0 Å². The number of hydrogen-bond donors (Lipinski definition) is 2. The number of carbonyl (C=O) groups is 2. The summed E-state index contributed by atoms with van der Waals surface area (Å²) in [6, 6.07) is 4.20. The number of carbonyl (C=O) groups excluding carboxylic acids is 2. The van der Waals surface area contributed by atoms with Crippen LogP contribution in [0.25, 0.3) is 0 Å². The fourth-order valence-corrected chi connectivity index (χ4v) is 12.2. The van der Waals surface area contributed by atoms with E-state index >= 15 is 9.18 Å². The van der Waals surface area contributed by atoms with Crippen molar-refractivity contribution in [2.24, 2.45) is 35.5 Å². The molecule has 19 atom stereocenters. The van der Waals surface area contributed by atoms with E-state index in [9.17, 15) is 9.90 Å². The van der Waals surface area contributed by atoms with Crippen LogP contribution in [-0.2, 0) is 47.5 Å². The molecule has 7 rings (SSSR count). The number of methoxy groups -OCH3 is 4. The van der Waals surface area contributed by atoms with Crippen LogP contribution in [0.4, 0.5) is 10.1 Å². The molecule has 5 fully saturated rings. The van der Waals surface area contributed by atoms with Gasteiger partial charge in [0.25, 0.3) is 0 Å². The first kappa shape index (κ1) is 48.2. The van der Waals surface area contributed by atoms with Gasteiger partial charge in [-0.05, 0) is 121 Å². The number of benzene rings is 1. The van der Waals surface area contributed by atoms with Crippen LogP contribution in [0.15, 0.2) is 29.8 Å². The second-order valence-electron chi connectivity index (χ2n) is 19.1. The maximum atomic E-state index is 15.2. The van der Waals surface area contributed by atoms with E-state index in [2.05, 4.69) is 37.3 Å². The van der Waals surface area contributed by atoms with Gasteiger partial charge in [-0.15, -0.1) is 0 Å². The second-order valence-corrected chi connectivity index (χ2v) is 19.1. The van der Waals surface area contributed by atoms with E-state index in [0.717, 1.165) is 6.42 Å². The number of cyclic esters (lactones) is 1. The van der Waals surface area contributed by atoms with Crippen molar-refractivity contribution in [1.82, 2.24) is 4.90 Å². The number of fused-ring (bicyclic) bond motifs is 5. The van der Waals surface area contributed by atoms with Gasteiger partial charge in [0.1, 0.15) is 24.4 Å². The number of halogens is 1. The summed E-state index contributed by atoms with van der Waals surface area (Å²) >= 11 is 0. The van der Waals surface area contributed by atoms with Gasteiger partial charge in [0, 0.05) is 39.2 Å². The molecule has 4 unspecified atom stereocenters. The Morgan fingerprint density at radius 1 is 0.889 bits per heavy atom. The summed E-state index contributed by atoms with van der Waals surface area (Å²) in [6.07, 6.45) is 2.26. The van der Waals surface area contributed by atoms with E-state index in [-0.39, 0.29) is 78.2 Å². The van der Waals surface area contributed by atoms with Gasteiger partial charge in [-0.25, -0.2) is 4.39 Å². The highest BCUT2D eigenvalue weighted by molar-refractivity contribution is 5.99. The van der Waals surface area contributed by atoms with Crippen LogP contribution in [0.3, 0.4) is 0 Å². The quantitative estimate of drug-likeness (QED) is 0.239. The minimum atomic E-state index is -0.972. The van der Waals surface area contributed by atoms with E-state index in [4.69, 9.17) is 42.6 Å². The Kier molecular flexibility index (Phi) is 15.9. The highest BCUT2D eigenvalue weighted by Crippen LogP contribution is 2.58. The molecule has 3 saturated heterocycles. The van der Waals surface area contributed by atoms with E-state index in [1.165, 1.54) is 13.2 Å². The molecular weight excluding hydrogens is 816 g/mol. The van der Waals surface area contributed by atoms with Crippen LogP contribution >= 0.6 is 0 Å². The lowest BCUT2D eigenvalue weighted by Gasteiger charge is -2.48. The third-order valence-corrected chi connectivity index (χ3v) is 15.4. The van der Waals surface area contributed by atoms with Crippen LogP contribution in [0.5, 0.6) is 5.75 Å². The fraction of sp³-hybridized carbons (Fsp3) is 0.792. The highest BCUT2D eigenvalue weighted by Gasteiger charge is 2.60. The maximum absolute atomic E-state index is 15.2. The van der Waals surface area contributed by atoms with E-state index < -0.39 is 66.6 Å². The average molecular weight is 889 g/mol. The standard InChI is InChI=1S/C48H73FN2O12/c1-11-27-14-12-17-37(63-39-19-18-36(51(5)6)25(3)59-39)24(2)42(53)33-22-30-29-20-28(62-48-47(58-10)46(57-9)44(55-7)26(4)60-48)21-32(29)43(54)41(40(30)31(33)23-38(52)61-27)50-35-16-13-15-34(49)45(35)56-8/h13,15-16,22,24-32,36-37,39-41,43-44,46-48,50,54H,11-12,14,17-21,23H2,1-10H3/t24-,25?,26?,27+,28+,29+,30+,31-,32-,36+,37+,39+,40-,41-,43-,44+,46?,47?,48+/m1/s1. The molecule has 1 aromatic carbocycles. The number of ketones is 1. The van der Waals surface area contributed by atoms with Crippen molar-refractivity contribution >= 4 is 17.4 Å². The van der Waals surface area contributed by atoms with Crippen molar-refractivity contribution in [1.29, 1.82) is 0 Å². The molecule has 354 valence electrons. The first-order valence-corrected chi connectivity index (χ1v) is 23.3. The minimum absolute atomic E-state index is 0.0168. The molecule has 0 radical (unpaired) electrons. The number of esters is 1. The van der Waals surface area contributed by atoms with Gasteiger partial charge in [0.2, 0.25) is 0 Å². The third kappa shape index (κ3) is 9.88. The normalized spacial score (nSPS) is 42.3. The molecule has 63 heavy (non-hydrogen) atoms. The third-order valence-electron chi connectivity index (χ3n) is 15.4. The lowest BCUT2D eigenvalue weighted by molar-refractivity contribution is -0.314. The number of hydrogen-bond acceptors (Lipinski definition) is 14. The number of ether oxygens (including phenoxy) is 9. The first-order valence-electron chi connectivity index (χ1n) is 23.3. The molecule has 15 heteroatoms. The molecule has 3 heterocycles. The minimum Gasteiger partial charge on any atom is -0.492 e. The Balaban J connectivity index is 1.23. The summed E-state index contributed by atoms with van der Waals surface area (Å²) in [4.78, 5) is 31.5. The van der Waals surface area contributed by atoms with E-state index in [1.807, 2.05) is 20.8 Å². The molecule has 0 bridgehead atoms. The first-order chi connectivity index (χ1) is 30.2. The molecule has 0 amide bonds. The zero-order valence-corrected chi connectivity index (χ0v) is 38.9. The molecule has 0 spiro atoms. The Morgan fingerprint density at radius 2 is 1.62 bits per heavy atom. The summed E-state index contributed by atoms with van der Waals surface area (Å²) in [5.41, 5.74) is 0.923. The monoisotopic (exact) mass is 889 g/mol. The lowest BCUT2D eigenvalue weighted by Crippen LogP contribution is -2.59. The number of likely N-dealkylation sites (N-methyl/N-ethyl adjacent to an activating group) is 1. The van der Waals surface area contributed by atoms with Crippen molar-refractivity contribution in [3.05, 3.63) is 35.7 Å². The number of nitrogens with zero attached hydrogens (tertiary/aromatic N) is 1. The fourth-order valence-electron chi connectivity index (χ4n) is 12.2. The summed E-state index contributed by atoms with van der Waals surface area (Å²) in [5.74, 6) is -3.25. The van der Waals surface area contributed by atoms with Gasteiger partial charge < -0.3 is 58.0 Å². The Bertz CT molecular complexity index is 1750. The predicted octanol–water partition coefficient (Wildman–Crippen LogP) is 5.92. The van der Waals surface area contributed by atoms with Gasteiger partial charge >= 0.3 is 5.97 Å². The van der Waals surface area contributed by atoms with Gasteiger partial charge in [0.15, 0.2) is 29.9 Å². The summed E-state index contributed by atoms with van der Waals surface area (Å²) in [5, 5.41) is 16.2. The summed E-state index contributed by atoms with van der Waals surface area (Å²) in [6.45, 7) is 7.94. The Morgan fingerprint density at radius 3 is 2.29 bits per heavy atom. The van der Waals surface area contributed by atoms with Crippen molar-refractivity contribution in [3.8, 4) is 5.75 Å². The van der Waals surface area contributed by atoms with E-state index in [0.29, 0.717) is 56.2 Å². The zero-order valence-electron chi connectivity index (χ0n) is 38.9. The van der Waals surface area contributed by atoms with Crippen LogP contribution in [0.2, 0.25) is 0 Å². The number of aliphatic hydroxyl groups excluding tert-OH is 1. The van der Waals surface area contributed by atoms with Crippen LogP contribution < -0.4 is 10.1 Å². The smallest absolute Gasteiger partial charge is 0.306 e. The Hall–Kier alpha value is -2.73. The molecule has 0 aromatic heterocycles. The molecular formula is C48H73FN2O12. The van der Waals surface area contributed by atoms with Crippen molar-refractivity contribution < 1.29 is 61.7 Å². The number of nitrogens with one attached hydrogen (secondary N) is 1. The van der Waals surface area contributed by atoms with Crippen LogP contribution in [0, 0.1) is 41.3 Å². The molecule has 2 saturated carbocycles. The number of aliphatic hydroxyl groups is 1. The van der Waals surface area contributed by atoms with E-state index in [1.54, 1.807) is 33.5 Å². The summed E-state index contributed by atoms with van der Waals surface area (Å²) < 4.78 is 70.8.